The van der Waals surface area contributed by atoms with Crippen molar-refractivity contribution in [2.24, 2.45) is 0 Å². The van der Waals surface area contributed by atoms with Crippen molar-refractivity contribution in [2.75, 3.05) is 0 Å². The molecule has 0 aliphatic heterocycles. The van der Waals surface area contributed by atoms with E-state index >= 15 is 0 Å². The molecule has 0 bridgehead atoms. The Balaban J connectivity index is 2.24. The molecule has 1 rings (SSSR count). The SMILES string of the molecule is CCCCC(CC)NC1CCCC1O. The zero-order valence-corrected chi connectivity index (χ0v) is 9.63. The quantitative estimate of drug-likeness (QED) is 0.688. The number of aliphatic hydroxyl groups is 1. The zero-order chi connectivity index (χ0) is 10.4. The fourth-order valence-corrected chi connectivity index (χ4v) is 2.29. The van der Waals surface area contributed by atoms with Crippen LogP contribution in [-0.4, -0.2) is 23.3 Å². The summed E-state index contributed by atoms with van der Waals surface area (Å²) in [5.41, 5.74) is 0. The second-order valence-corrected chi connectivity index (χ2v) is 4.52. The Bertz CT molecular complexity index is 149. The first-order valence-electron chi connectivity index (χ1n) is 6.22. The van der Waals surface area contributed by atoms with Gasteiger partial charge in [-0.05, 0) is 32.1 Å². The highest BCUT2D eigenvalue weighted by Crippen LogP contribution is 2.20. The molecular weight excluding hydrogens is 174 g/mol. The molecule has 0 aromatic rings. The van der Waals surface area contributed by atoms with Crippen molar-refractivity contribution >= 4 is 0 Å². The maximum atomic E-state index is 9.70. The van der Waals surface area contributed by atoms with E-state index in [1.165, 1.54) is 32.1 Å². The van der Waals surface area contributed by atoms with E-state index in [1.807, 2.05) is 0 Å². The van der Waals surface area contributed by atoms with E-state index in [4.69, 9.17) is 0 Å². The van der Waals surface area contributed by atoms with Gasteiger partial charge in [0.25, 0.3) is 0 Å². The first-order valence-corrected chi connectivity index (χ1v) is 6.22. The maximum Gasteiger partial charge on any atom is 0.0693 e. The molecule has 0 radical (unpaired) electrons. The fraction of sp³-hybridized carbons (Fsp3) is 1.00. The number of hydrogen-bond donors (Lipinski definition) is 2. The van der Waals surface area contributed by atoms with Crippen molar-refractivity contribution in [1.29, 1.82) is 0 Å². The van der Waals surface area contributed by atoms with Crippen LogP contribution in [-0.2, 0) is 0 Å². The van der Waals surface area contributed by atoms with Crippen LogP contribution in [0.4, 0.5) is 0 Å². The standard InChI is InChI=1S/C12H25NO/c1-3-5-7-10(4-2)13-11-8-6-9-12(11)14/h10-14H,3-9H2,1-2H3. The van der Waals surface area contributed by atoms with Crippen LogP contribution in [0.25, 0.3) is 0 Å². The Morgan fingerprint density at radius 2 is 2.14 bits per heavy atom. The third kappa shape index (κ3) is 3.58. The third-order valence-corrected chi connectivity index (χ3v) is 3.33. The van der Waals surface area contributed by atoms with E-state index in [9.17, 15) is 5.11 Å². The van der Waals surface area contributed by atoms with Crippen LogP contribution >= 0.6 is 0 Å². The van der Waals surface area contributed by atoms with Crippen molar-refractivity contribution in [3.63, 3.8) is 0 Å². The first-order chi connectivity index (χ1) is 6.77. The third-order valence-electron chi connectivity index (χ3n) is 3.33. The molecule has 2 nitrogen and oxygen atoms in total. The molecule has 0 aromatic carbocycles. The van der Waals surface area contributed by atoms with E-state index < -0.39 is 0 Å². The number of rotatable bonds is 6. The summed E-state index contributed by atoms with van der Waals surface area (Å²) in [6, 6.07) is 0.990. The van der Waals surface area contributed by atoms with Crippen LogP contribution < -0.4 is 5.32 Å². The average molecular weight is 199 g/mol. The molecule has 2 N–H and O–H groups in total. The van der Waals surface area contributed by atoms with Crippen molar-refractivity contribution in [3.05, 3.63) is 0 Å². The lowest BCUT2D eigenvalue weighted by Crippen LogP contribution is -2.42. The molecule has 0 spiro atoms. The van der Waals surface area contributed by atoms with Crippen LogP contribution in [0.3, 0.4) is 0 Å². The molecule has 3 atom stereocenters. The summed E-state index contributed by atoms with van der Waals surface area (Å²) in [6.45, 7) is 4.46. The number of aliphatic hydroxyl groups excluding tert-OH is 1. The average Bonchev–Trinajstić information content (AvgIpc) is 2.59. The lowest BCUT2D eigenvalue weighted by Gasteiger charge is -2.24. The topological polar surface area (TPSA) is 32.3 Å². The molecule has 84 valence electrons. The van der Waals surface area contributed by atoms with Gasteiger partial charge in [0.1, 0.15) is 0 Å². The van der Waals surface area contributed by atoms with Crippen LogP contribution in [0.2, 0.25) is 0 Å². The van der Waals surface area contributed by atoms with Gasteiger partial charge in [0.05, 0.1) is 6.10 Å². The van der Waals surface area contributed by atoms with Gasteiger partial charge in [0.15, 0.2) is 0 Å². The van der Waals surface area contributed by atoms with Gasteiger partial charge >= 0.3 is 0 Å². The van der Waals surface area contributed by atoms with Gasteiger partial charge in [-0.25, -0.2) is 0 Å². The first kappa shape index (κ1) is 12.0. The van der Waals surface area contributed by atoms with Gasteiger partial charge < -0.3 is 10.4 Å². The molecule has 1 aliphatic rings. The largest absolute Gasteiger partial charge is 0.392 e. The second-order valence-electron chi connectivity index (χ2n) is 4.52. The number of nitrogens with one attached hydrogen (secondary N) is 1. The predicted molar refractivity (Wildman–Crippen MR) is 60.4 cm³/mol. The summed E-state index contributed by atoms with van der Waals surface area (Å²) in [6.07, 6.45) is 8.25. The van der Waals surface area contributed by atoms with Crippen LogP contribution in [0.15, 0.2) is 0 Å². The lowest BCUT2D eigenvalue weighted by atomic mass is 10.1. The minimum absolute atomic E-state index is 0.0920. The molecule has 14 heavy (non-hydrogen) atoms. The molecule has 3 unspecified atom stereocenters. The highest BCUT2D eigenvalue weighted by atomic mass is 16.3. The Hall–Kier alpha value is -0.0800. The highest BCUT2D eigenvalue weighted by Gasteiger charge is 2.26. The predicted octanol–water partition coefficient (Wildman–Crippen LogP) is 2.46. The van der Waals surface area contributed by atoms with Crippen LogP contribution in [0, 0.1) is 0 Å². The Morgan fingerprint density at radius 1 is 1.36 bits per heavy atom. The van der Waals surface area contributed by atoms with Crippen molar-refractivity contribution < 1.29 is 5.11 Å². The van der Waals surface area contributed by atoms with Gasteiger partial charge in [-0.15, -0.1) is 0 Å². The molecule has 2 heteroatoms. The van der Waals surface area contributed by atoms with Crippen molar-refractivity contribution in [1.82, 2.24) is 5.32 Å². The molecule has 0 saturated heterocycles. The summed E-state index contributed by atoms with van der Waals surface area (Å²) in [7, 11) is 0. The molecule has 0 amide bonds. The summed E-state index contributed by atoms with van der Waals surface area (Å²) in [5.74, 6) is 0. The lowest BCUT2D eigenvalue weighted by molar-refractivity contribution is 0.141. The van der Waals surface area contributed by atoms with Crippen molar-refractivity contribution in [3.8, 4) is 0 Å². The summed E-state index contributed by atoms with van der Waals surface area (Å²) in [4.78, 5) is 0. The molecule has 1 aliphatic carbocycles. The monoisotopic (exact) mass is 199 g/mol. The molecule has 1 fully saturated rings. The summed E-state index contributed by atoms with van der Waals surface area (Å²) < 4.78 is 0. The normalized spacial score (nSPS) is 29.4. The van der Waals surface area contributed by atoms with E-state index in [-0.39, 0.29) is 6.10 Å². The summed E-state index contributed by atoms with van der Waals surface area (Å²) >= 11 is 0. The van der Waals surface area contributed by atoms with Gasteiger partial charge in [-0.2, -0.15) is 0 Å². The fourth-order valence-electron chi connectivity index (χ4n) is 2.29. The molecule has 1 saturated carbocycles. The minimum Gasteiger partial charge on any atom is -0.392 e. The Morgan fingerprint density at radius 3 is 2.64 bits per heavy atom. The van der Waals surface area contributed by atoms with Crippen molar-refractivity contribution in [2.45, 2.75) is 77.0 Å². The highest BCUT2D eigenvalue weighted by molar-refractivity contribution is 4.85. The molecular formula is C12H25NO. The second kappa shape index (κ2) is 6.41. The molecule has 0 aromatic heterocycles. The van der Waals surface area contributed by atoms with Crippen LogP contribution in [0.5, 0.6) is 0 Å². The van der Waals surface area contributed by atoms with E-state index in [2.05, 4.69) is 19.2 Å². The Kier molecular flexibility index (Phi) is 5.49. The van der Waals surface area contributed by atoms with Gasteiger partial charge in [-0.1, -0.05) is 26.7 Å². The van der Waals surface area contributed by atoms with E-state index in [0.717, 1.165) is 12.8 Å². The number of unbranched alkanes of at least 4 members (excludes halogenated alkanes) is 1. The zero-order valence-electron chi connectivity index (χ0n) is 9.63. The smallest absolute Gasteiger partial charge is 0.0693 e. The van der Waals surface area contributed by atoms with Gasteiger partial charge in [-0.3, -0.25) is 0 Å². The van der Waals surface area contributed by atoms with E-state index in [1.54, 1.807) is 0 Å². The van der Waals surface area contributed by atoms with Gasteiger partial charge in [0.2, 0.25) is 0 Å². The minimum atomic E-state index is -0.0920. The maximum absolute atomic E-state index is 9.70. The number of hydrogen-bond acceptors (Lipinski definition) is 2. The molecule has 0 heterocycles. The van der Waals surface area contributed by atoms with Crippen LogP contribution in [0.1, 0.15) is 58.8 Å². The van der Waals surface area contributed by atoms with E-state index in [0.29, 0.717) is 12.1 Å². The summed E-state index contributed by atoms with van der Waals surface area (Å²) in [5, 5.41) is 13.3. The Labute approximate surface area is 88.1 Å². The van der Waals surface area contributed by atoms with Gasteiger partial charge in [0, 0.05) is 12.1 Å².